The summed E-state index contributed by atoms with van der Waals surface area (Å²) in [5, 5.41) is 18.8. The molecule has 0 saturated heterocycles. The highest BCUT2D eigenvalue weighted by Gasteiger charge is 2.33. The van der Waals surface area contributed by atoms with Crippen molar-refractivity contribution < 1.29 is 28.5 Å². The van der Waals surface area contributed by atoms with Gasteiger partial charge >= 0.3 is 5.97 Å². The van der Waals surface area contributed by atoms with Crippen LogP contribution in [-0.4, -0.2) is 27.9 Å². The number of aliphatic carboxylic acids is 1. The number of hydrogen-bond acceptors (Lipinski definition) is 3. The number of carbonyl (C=O) groups is 1. The third-order valence-electron chi connectivity index (χ3n) is 5.61. The molecule has 0 spiro atoms. The summed E-state index contributed by atoms with van der Waals surface area (Å²) in [5.41, 5.74) is 2.17. The van der Waals surface area contributed by atoms with E-state index >= 15 is 0 Å². The first-order valence-electron chi connectivity index (χ1n) is 10.8. The molecule has 0 radical (unpaired) electrons. The standard InChI is InChI=1S/C27H28F2O4/c1-17-4-6-19(7-5-17)8-9-20-10-12-21(13-11-20)22-14-15-23(25(29)24(22)28)33-18(2)16-27(3,32)26(30)31/h4-7,10-15,18,32H,8-9,16H2,1-3H3,(H,30,31). The molecule has 0 aromatic heterocycles. The van der Waals surface area contributed by atoms with Crippen molar-refractivity contribution in [3.63, 3.8) is 0 Å². The predicted octanol–water partition coefficient (Wildman–Crippen LogP) is 5.72. The Bertz CT molecular complexity index is 1110. The lowest BCUT2D eigenvalue weighted by Crippen LogP contribution is -2.39. The topological polar surface area (TPSA) is 66.8 Å². The van der Waals surface area contributed by atoms with Crippen LogP contribution in [0.4, 0.5) is 8.78 Å². The molecule has 3 rings (SSSR count). The summed E-state index contributed by atoms with van der Waals surface area (Å²) in [6.45, 7) is 4.66. The minimum absolute atomic E-state index is 0.107. The minimum Gasteiger partial charge on any atom is -0.487 e. The van der Waals surface area contributed by atoms with E-state index in [1.165, 1.54) is 30.2 Å². The molecule has 0 heterocycles. The number of rotatable bonds is 9. The second-order valence-corrected chi connectivity index (χ2v) is 8.63. The Labute approximate surface area is 192 Å². The van der Waals surface area contributed by atoms with Gasteiger partial charge in [-0.15, -0.1) is 0 Å². The smallest absolute Gasteiger partial charge is 0.335 e. The van der Waals surface area contributed by atoms with E-state index in [4.69, 9.17) is 9.84 Å². The summed E-state index contributed by atoms with van der Waals surface area (Å²) in [7, 11) is 0. The van der Waals surface area contributed by atoms with E-state index in [0.717, 1.165) is 25.3 Å². The first-order chi connectivity index (χ1) is 15.6. The summed E-state index contributed by atoms with van der Waals surface area (Å²) in [4.78, 5) is 11.0. The van der Waals surface area contributed by atoms with Crippen molar-refractivity contribution in [2.24, 2.45) is 0 Å². The Hall–Kier alpha value is -3.25. The van der Waals surface area contributed by atoms with E-state index in [1.807, 2.05) is 19.1 Å². The Morgan fingerprint density at radius 2 is 1.48 bits per heavy atom. The summed E-state index contributed by atoms with van der Waals surface area (Å²) in [6, 6.07) is 18.4. The van der Waals surface area contributed by atoms with Crippen molar-refractivity contribution in [1.82, 2.24) is 0 Å². The molecule has 0 bridgehead atoms. The molecular formula is C27H28F2O4. The zero-order valence-electron chi connectivity index (χ0n) is 18.9. The third-order valence-corrected chi connectivity index (χ3v) is 5.61. The fourth-order valence-electron chi connectivity index (χ4n) is 3.65. The molecule has 0 amide bonds. The Morgan fingerprint density at radius 1 is 0.939 bits per heavy atom. The molecule has 0 aliphatic heterocycles. The number of ether oxygens (including phenoxy) is 1. The van der Waals surface area contributed by atoms with Crippen LogP contribution in [0.1, 0.15) is 37.0 Å². The van der Waals surface area contributed by atoms with Crippen molar-refractivity contribution in [3.05, 3.63) is 89.0 Å². The van der Waals surface area contributed by atoms with Gasteiger partial charge in [0.1, 0.15) is 0 Å². The van der Waals surface area contributed by atoms with Gasteiger partial charge in [0.05, 0.1) is 6.10 Å². The fourth-order valence-corrected chi connectivity index (χ4v) is 3.65. The average molecular weight is 455 g/mol. The fraction of sp³-hybridized carbons (Fsp3) is 0.296. The maximum absolute atomic E-state index is 14.8. The van der Waals surface area contributed by atoms with Crippen LogP contribution in [0.15, 0.2) is 60.7 Å². The van der Waals surface area contributed by atoms with Gasteiger partial charge in [0.2, 0.25) is 5.82 Å². The molecule has 3 aromatic rings. The zero-order chi connectivity index (χ0) is 24.2. The normalized spacial score (nSPS) is 13.9. The maximum Gasteiger partial charge on any atom is 0.335 e. The monoisotopic (exact) mass is 454 g/mol. The molecule has 6 heteroatoms. The van der Waals surface area contributed by atoms with Crippen LogP contribution in [0.2, 0.25) is 0 Å². The van der Waals surface area contributed by atoms with E-state index in [9.17, 15) is 18.7 Å². The molecule has 3 aromatic carbocycles. The van der Waals surface area contributed by atoms with Gasteiger partial charge in [-0.25, -0.2) is 9.18 Å². The highest BCUT2D eigenvalue weighted by molar-refractivity contribution is 5.76. The quantitative estimate of drug-likeness (QED) is 0.434. The van der Waals surface area contributed by atoms with Crippen LogP contribution in [0.5, 0.6) is 5.75 Å². The number of carboxylic acid groups (broad SMARTS) is 1. The van der Waals surface area contributed by atoms with E-state index in [-0.39, 0.29) is 17.7 Å². The molecule has 0 saturated carbocycles. The number of aryl methyl sites for hydroxylation is 3. The van der Waals surface area contributed by atoms with E-state index in [2.05, 4.69) is 24.3 Å². The maximum atomic E-state index is 14.8. The summed E-state index contributed by atoms with van der Waals surface area (Å²) < 4.78 is 34.8. The molecule has 2 unspecified atom stereocenters. The molecule has 0 aliphatic carbocycles. The van der Waals surface area contributed by atoms with Crippen LogP contribution in [-0.2, 0) is 17.6 Å². The highest BCUT2D eigenvalue weighted by Crippen LogP contribution is 2.31. The molecule has 2 atom stereocenters. The molecule has 4 nitrogen and oxygen atoms in total. The zero-order valence-corrected chi connectivity index (χ0v) is 18.9. The lowest BCUT2D eigenvalue weighted by molar-refractivity contribution is -0.159. The van der Waals surface area contributed by atoms with Crippen LogP contribution in [0, 0.1) is 18.6 Å². The third kappa shape index (κ3) is 6.17. The first kappa shape index (κ1) is 24.4. The largest absolute Gasteiger partial charge is 0.487 e. The lowest BCUT2D eigenvalue weighted by Gasteiger charge is -2.23. The number of hydrogen-bond donors (Lipinski definition) is 2. The van der Waals surface area contributed by atoms with Gasteiger partial charge in [0, 0.05) is 12.0 Å². The van der Waals surface area contributed by atoms with Gasteiger partial charge in [-0.2, -0.15) is 4.39 Å². The lowest BCUT2D eigenvalue weighted by atomic mass is 9.99. The van der Waals surface area contributed by atoms with Crippen LogP contribution in [0.25, 0.3) is 11.1 Å². The SMILES string of the molecule is Cc1ccc(CCc2ccc(-c3ccc(OC(C)CC(C)(O)C(=O)O)c(F)c3F)cc2)cc1. The number of aliphatic hydroxyl groups is 1. The molecule has 174 valence electrons. The van der Waals surface area contributed by atoms with Crippen molar-refractivity contribution in [2.45, 2.75) is 51.7 Å². The highest BCUT2D eigenvalue weighted by atomic mass is 19.2. The van der Waals surface area contributed by atoms with Gasteiger partial charge in [-0.05, 0) is 62.4 Å². The molecule has 2 N–H and O–H groups in total. The number of benzene rings is 3. The van der Waals surface area contributed by atoms with Crippen molar-refractivity contribution >= 4 is 5.97 Å². The second-order valence-electron chi connectivity index (χ2n) is 8.63. The molecule has 33 heavy (non-hydrogen) atoms. The van der Waals surface area contributed by atoms with Gasteiger partial charge < -0.3 is 14.9 Å². The average Bonchev–Trinajstić information content (AvgIpc) is 2.77. The van der Waals surface area contributed by atoms with Gasteiger partial charge in [-0.3, -0.25) is 0 Å². The van der Waals surface area contributed by atoms with Crippen LogP contribution in [0.3, 0.4) is 0 Å². The Kier molecular flexibility index (Phi) is 7.49. The summed E-state index contributed by atoms with van der Waals surface area (Å²) in [6.07, 6.45) is 0.602. The Morgan fingerprint density at radius 3 is 2.03 bits per heavy atom. The van der Waals surface area contributed by atoms with Crippen molar-refractivity contribution in [3.8, 4) is 16.9 Å². The second kappa shape index (κ2) is 10.1. The van der Waals surface area contributed by atoms with E-state index < -0.39 is 29.3 Å². The van der Waals surface area contributed by atoms with Gasteiger partial charge in [0.15, 0.2) is 17.2 Å². The van der Waals surface area contributed by atoms with Gasteiger partial charge in [-0.1, -0.05) is 54.1 Å². The molecular weight excluding hydrogens is 426 g/mol. The first-order valence-corrected chi connectivity index (χ1v) is 10.8. The van der Waals surface area contributed by atoms with Crippen molar-refractivity contribution in [1.29, 1.82) is 0 Å². The summed E-state index contributed by atoms with van der Waals surface area (Å²) >= 11 is 0. The van der Waals surface area contributed by atoms with Crippen LogP contribution >= 0.6 is 0 Å². The van der Waals surface area contributed by atoms with Crippen molar-refractivity contribution in [2.75, 3.05) is 0 Å². The van der Waals surface area contributed by atoms with E-state index in [0.29, 0.717) is 5.56 Å². The number of halogens is 2. The molecule has 0 fully saturated rings. The van der Waals surface area contributed by atoms with E-state index in [1.54, 1.807) is 12.1 Å². The minimum atomic E-state index is -2.03. The number of carboxylic acids is 1. The predicted molar refractivity (Wildman–Crippen MR) is 123 cm³/mol. The van der Waals surface area contributed by atoms with Gasteiger partial charge in [0.25, 0.3) is 0 Å². The van der Waals surface area contributed by atoms with Crippen LogP contribution < -0.4 is 4.74 Å². The Balaban J connectivity index is 1.69. The molecule has 0 aliphatic rings. The summed E-state index contributed by atoms with van der Waals surface area (Å²) in [5.74, 6) is -3.95.